The first-order valence-corrected chi connectivity index (χ1v) is 4.23. The van der Waals surface area contributed by atoms with Crippen LogP contribution in [-0.2, 0) is 4.74 Å². The topological polar surface area (TPSA) is 49.7 Å². The Bertz CT molecular complexity index is 217. The van der Waals surface area contributed by atoms with Crippen molar-refractivity contribution in [3.8, 4) is 12.3 Å². The number of rotatable bonds is 1. The van der Waals surface area contributed by atoms with E-state index in [1.54, 1.807) is 5.92 Å². The molecule has 1 aliphatic rings. The van der Waals surface area contributed by atoms with Crippen LogP contribution in [0.2, 0.25) is 0 Å². The molecule has 1 fully saturated rings. The van der Waals surface area contributed by atoms with Gasteiger partial charge in [-0.3, -0.25) is 0 Å². The minimum atomic E-state index is -2.26. The zero-order valence-electron chi connectivity index (χ0n) is 6.08. The van der Waals surface area contributed by atoms with Crippen LogP contribution in [0, 0.1) is 12.3 Å². The molecule has 68 valence electrons. The van der Waals surface area contributed by atoms with Gasteiger partial charge in [0.2, 0.25) is 5.67 Å². The van der Waals surface area contributed by atoms with Gasteiger partial charge in [-0.15, -0.1) is 6.42 Å². The third kappa shape index (κ3) is 1.25. The Labute approximate surface area is 77.7 Å². The highest BCUT2D eigenvalue weighted by atomic mass is 79.9. The van der Waals surface area contributed by atoms with E-state index in [2.05, 4.69) is 15.9 Å². The third-order valence-electron chi connectivity index (χ3n) is 1.81. The molecule has 0 spiro atoms. The summed E-state index contributed by atoms with van der Waals surface area (Å²) in [5, 5.41) is 16.8. The van der Waals surface area contributed by atoms with Crippen LogP contribution < -0.4 is 0 Å². The van der Waals surface area contributed by atoms with Gasteiger partial charge in [-0.05, 0) is 0 Å². The van der Waals surface area contributed by atoms with Gasteiger partial charge in [0.05, 0.1) is 6.61 Å². The molecule has 0 aromatic heterocycles. The number of aliphatic hydroxyl groups excluding tert-OH is 2. The van der Waals surface area contributed by atoms with Gasteiger partial charge in [0.25, 0.3) is 0 Å². The number of alkyl halides is 2. The Morgan fingerprint density at radius 1 is 1.75 bits per heavy atom. The Balaban J connectivity index is 2.85. The maximum atomic E-state index is 13.5. The average molecular weight is 239 g/mol. The smallest absolute Gasteiger partial charge is 0.234 e. The predicted octanol–water partition coefficient (Wildman–Crippen LogP) is -0.199. The van der Waals surface area contributed by atoms with E-state index in [1.807, 2.05) is 0 Å². The van der Waals surface area contributed by atoms with Crippen molar-refractivity contribution < 1.29 is 19.3 Å². The van der Waals surface area contributed by atoms with E-state index in [0.717, 1.165) is 0 Å². The highest BCUT2D eigenvalue weighted by Crippen LogP contribution is 2.37. The zero-order valence-corrected chi connectivity index (χ0v) is 7.66. The van der Waals surface area contributed by atoms with Gasteiger partial charge in [0.1, 0.15) is 12.2 Å². The molecule has 5 heteroatoms. The summed E-state index contributed by atoms with van der Waals surface area (Å²) < 4.78 is 18.3. The van der Waals surface area contributed by atoms with Crippen LogP contribution in [0.1, 0.15) is 0 Å². The monoisotopic (exact) mass is 238 g/mol. The van der Waals surface area contributed by atoms with Crippen molar-refractivity contribution in [3.05, 3.63) is 0 Å². The first-order chi connectivity index (χ1) is 5.56. The second-order valence-corrected chi connectivity index (χ2v) is 3.36. The quantitative estimate of drug-likeness (QED) is 0.492. The number of ether oxygens (including phenoxy) is 1. The number of hydrogen-bond acceptors (Lipinski definition) is 3. The molecule has 0 bridgehead atoms. The fourth-order valence-corrected chi connectivity index (χ4v) is 1.71. The minimum absolute atomic E-state index is 0.462. The molecule has 12 heavy (non-hydrogen) atoms. The van der Waals surface area contributed by atoms with E-state index in [4.69, 9.17) is 16.3 Å². The Morgan fingerprint density at radius 2 is 2.33 bits per heavy atom. The molecular weight excluding hydrogens is 231 g/mol. The lowest BCUT2D eigenvalue weighted by atomic mass is 10.00. The third-order valence-corrected chi connectivity index (χ3v) is 2.69. The second kappa shape index (κ2) is 3.30. The maximum absolute atomic E-state index is 13.5. The van der Waals surface area contributed by atoms with Crippen LogP contribution in [0.25, 0.3) is 0 Å². The van der Waals surface area contributed by atoms with E-state index in [1.165, 1.54) is 0 Å². The van der Waals surface area contributed by atoms with E-state index < -0.39 is 29.5 Å². The molecule has 0 radical (unpaired) electrons. The van der Waals surface area contributed by atoms with E-state index in [-0.39, 0.29) is 0 Å². The van der Waals surface area contributed by atoms with Crippen molar-refractivity contribution in [1.29, 1.82) is 0 Å². The summed E-state index contributed by atoms with van der Waals surface area (Å²) in [7, 11) is 0. The van der Waals surface area contributed by atoms with Crippen molar-refractivity contribution in [2.45, 2.75) is 22.9 Å². The maximum Gasteiger partial charge on any atom is 0.234 e. The number of terminal acetylenes is 1. The van der Waals surface area contributed by atoms with Gasteiger partial charge in [-0.25, -0.2) is 4.39 Å². The molecule has 0 saturated carbocycles. The van der Waals surface area contributed by atoms with E-state index in [9.17, 15) is 9.50 Å². The van der Waals surface area contributed by atoms with Gasteiger partial charge >= 0.3 is 0 Å². The largest absolute Gasteiger partial charge is 0.394 e. The summed E-state index contributed by atoms with van der Waals surface area (Å²) in [6, 6.07) is 0. The molecule has 0 unspecified atom stereocenters. The van der Waals surface area contributed by atoms with Crippen LogP contribution in [0.3, 0.4) is 0 Å². The van der Waals surface area contributed by atoms with Gasteiger partial charge in [0.15, 0.2) is 5.01 Å². The summed E-state index contributed by atoms with van der Waals surface area (Å²) in [4.78, 5) is 0. The molecule has 0 amide bonds. The van der Waals surface area contributed by atoms with Crippen molar-refractivity contribution in [2.24, 2.45) is 0 Å². The number of hydrogen-bond donors (Lipinski definition) is 2. The lowest BCUT2D eigenvalue weighted by Gasteiger charge is -2.18. The molecule has 0 aromatic carbocycles. The molecule has 0 aliphatic carbocycles. The summed E-state index contributed by atoms with van der Waals surface area (Å²) in [6.07, 6.45) is 2.44. The lowest BCUT2D eigenvalue weighted by molar-refractivity contribution is -0.00659. The van der Waals surface area contributed by atoms with Gasteiger partial charge < -0.3 is 14.9 Å². The molecular formula is C7H8BrFO3. The predicted molar refractivity (Wildman–Crippen MR) is 43.4 cm³/mol. The van der Waals surface area contributed by atoms with Crippen molar-refractivity contribution in [3.63, 3.8) is 0 Å². The van der Waals surface area contributed by atoms with Crippen LogP contribution >= 0.6 is 15.9 Å². The molecule has 1 saturated heterocycles. The fraction of sp³-hybridized carbons (Fsp3) is 0.714. The summed E-state index contributed by atoms with van der Waals surface area (Å²) >= 11 is 2.83. The molecule has 1 rings (SSSR count). The average Bonchev–Trinajstić information content (AvgIpc) is 2.30. The first-order valence-electron chi connectivity index (χ1n) is 3.31. The normalized spacial score (nSPS) is 47.4. The van der Waals surface area contributed by atoms with Gasteiger partial charge in [-0.1, -0.05) is 21.9 Å². The van der Waals surface area contributed by atoms with Crippen molar-refractivity contribution in [1.82, 2.24) is 0 Å². The molecule has 3 nitrogen and oxygen atoms in total. The Kier molecular flexibility index (Phi) is 2.74. The molecule has 2 N–H and O–H groups in total. The van der Waals surface area contributed by atoms with Crippen molar-refractivity contribution in [2.75, 3.05) is 6.61 Å². The summed E-state index contributed by atoms with van der Waals surface area (Å²) in [5.41, 5.74) is -2.26. The fourth-order valence-electron chi connectivity index (χ4n) is 1.03. The van der Waals surface area contributed by atoms with Crippen LogP contribution in [0.4, 0.5) is 4.39 Å². The summed E-state index contributed by atoms with van der Waals surface area (Å²) in [6.45, 7) is -0.462. The molecule has 4 atom stereocenters. The number of aliphatic hydroxyl groups is 2. The van der Waals surface area contributed by atoms with Crippen LogP contribution in [-0.4, -0.2) is 39.7 Å². The minimum Gasteiger partial charge on any atom is -0.394 e. The first kappa shape index (κ1) is 9.93. The van der Waals surface area contributed by atoms with Gasteiger partial charge in [0, 0.05) is 0 Å². The molecule has 1 aliphatic heterocycles. The van der Waals surface area contributed by atoms with E-state index in [0.29, 0.717) is 0 Å². The Hall–Kier alpha value is -0.150. The second-order valence-electron chi connectivity index (χ2n) is 2.53. The molecule has 1 heterocycles. The lowest BCUT2D eigenvalue weighted by Crippen LogP contribution is -2.41. The SMILES string of the molecule is C#C[C@]1(F)[C@H](Br)O[C@H](CO)[C@H]1O. The van der Waals surface area contributed by atoms with Crippen LogP contribution in [0.15, 0.2) is 0 Å². The zero-order chi connectivity index (χ0) is 9.35. The van der Waals surface area contributed by atoms with Crippen LogP contribution in [0.5, 0.6) is 0 Å². The van der Waals surface area contributed by atoms with Crippen molar-refractivity contribution >= 4 is 15.9 Å². The standard InChI is InChI=1S/C7H8BrFO3/c1-2-7(9)5(11)4(3-10)12-6(7)8/h1,4-6,10-11H,3H2/t4-,5-,6-,7-/m1/s1. The van der Waals surface area contributed by atoms with E-state index >= 15 is 0 Å². The Morgan fingerprint density at radius 3 is 2.58 bits per heavy atom. The molecule has 0 aromatic rings. The highest BCUT2D eigenvalue weighted by molar-refractivity contribution is 9.09. The summed E-state index contributed by atoms with van der Waals surface area (Å²) in [5.74, 6) is 1.80. The number of halogens is 2. The highest BCUT2D eigenvalue weighted by Gasteiger charge is 2.55. The van der Waals surface area contributed by atoms with Gasteiger partial charge in [-0.2, -0.15) is 0 Å².